The molecule has 0 aliphatic carbocycles. The van der Waals surface area contributed by atoms with E-state index in [1.54, 1.807) is 24.3 Å². The number of rotatable bonds is 4. The lowest BCUT2D eigenvalue weighted by Crippen LogP contribution is -2.11. The number of ether oxygens (including phenoxy) is 1. The maximum absolute atomic E-state index is 9.17. The molecule has 1 aromatic carbocycles. The van der Waals surface area contributed by atoms with E-state index >= 15 is 0 Å². The fourth-order valence-electron chi connectivity index (χ4n) is 1.45. The van der Waals surface area contributed by atoms with Crippen LogP contribution in [0, 0.1) is 5.41 Å². The second kappa shape index (κ2) is 5.29. The Morgan fingerprint density at radius 3 is 2.67 bits per heavy atom. The second-order valence-corrected chi connectivity index (χ2v) is 3.67. The van der Waals surface area contributed by atoms with Crippen LogP contribution in [0.3, 0.4) is 0 Å². The van der Waals surface area contributed by atoms with Gasteiger partial charge in [-0.05, 0) is 12.1 Å². The molecule has 0 saturated carbocycles. The first-order valence-corrected chi connectivity index (χ1v) is 5.38. The van der Waals surface area contributed by atoms with Gasteiger partial charge < -0.3 is 15.6 Å². The maximum atomic E-state index is 9.17. The third-order valence-electron chi connectivity index (χ3n) is 2.40. The largest absolute Gasteiger partial charge is 0.439 e. The Hall–Kier alpha value is -2.40. The fourth-order valence-corrected chi connectivity index (χ4v) is 1.45. The van der Waals surface area contributed by atoms with Crippen LogP contribution in [-0.4, -0.2) is 15.9 Å². The van der Waals surface area contributed by atoms with E-state index in [4.69, 9.17) is 21.0 Å². The topological polar surface area (TPSA) is 92.2 Å². The lowest BCUT2D eigenvalue weighted by molar-refractivity contribution is 0.276. The van der Waals surface area contributed by atoms with Crippen LogP contribution in [0.15, 0.2) is 42.6 Å². The molecule has 92 valence electrons. The Bertz CT molecular complexity index is 552. The molecule has 0 atom stereocenters. The zero-order chi connectivity index (χ0) is 13.0. The fraction of sp³-hybridized carbons (Fsp3) is 0.0769. The second-order valence-electron chi connectivity index (χ2n) is 3.67. The number of aliphatic hydroxyl groups is 1. The SMILES string of the molecule is N=C(N)c1ccc(Oc2ccccc2CO)nc1. The Morgan fingerprint density at radius 1 is 1.28 bits per heavy atom. The highest BCUT2D eigenvalue weighted by Crippen LogP contribution is 2.23. The summed E-state index contributed by atoms with van der Waals surface area (Å²) >= 11 is 0. The number of nitrogens with one attached hydrogen (secondary N) is 1. The van der Waals surface area contributed by atoms with Crippen LogP contribution >= 0.6 is 0 Å². The summed E-state index contributed by atoms with van der Waals surface area (Å²) < 4.78 is 5.55. The van der Waals surface area contributed by atoms with Gasteiger partial charge in [0.15, 0.2) is 0 Å². The molecule has 0 aliphatic rings. The minimum atomic E-state index is -0.0955. The summed E-state index contributed by atoms with van der Waals surface area (Å²) in [5.41, 5.74) is 6.56. The van der Waals surface area contributed by atoms with Gasteiger partial charge in [-0.2, -0.15) is 0 Å². The van der Waals surface area contributed by atoms with Gasteiger partial charge in [-0.3, -0.25) is 5.41 Å². The molecule has 5 heteroatoms. The van der Waals surface area contributed by atoms with Crippen LogP contribution < -0.4 is 10.5 Å². The van der Waals surface area contributed by atoms with E-state index in [-0.39, 0.29) is 12.4 Å². The third kappa shape index (κ3) is 2.64. The molecule has 0 aliphatic heterocycles. The average molecular weight is 243 g/mol. The average Bonchev–Trinajstić information content (AvgIpc) is 2.40. The number of nitrogens with zero attached hydrogens (tertiary/aromatic N) is 1. The maximum Gasteiger partial charge on any atom is 0.219 e. The van der Waals surface area contributed by atoms with Crippen molar-refractivity contribution in [1.29, 1.82) is 5.41 Å². The van der Waals surface area contributed by atoms with E-state index in [1.807, 2.05) is 12.1 Å². The molecule has 1 aromatic heterocycles. The Labute approximate surface area is 104 Å². The van der Waals surface area contributed by atoms with E-state index < -0.39 is 0 Å². The normalized spacial score (nSPS) is 10.1. The quantitative estimate of drug-likeness (QED) is 0.562. The molecular weight excluding hydrogens is 230 g/mol. The summed E-state index contributed by atoms with van der Waals surface area (Å²) in [5, 5.41) is 16.4. The van der Waals surface area contributed by atoms with Crippen molar-refractivity contribution in [2.75, 3.05) is 0 Å². The molecule has 2 rings (SSSR count). The summed E-state index contributed by atoms with van der Waals surface area (Å²) in [7, 11) is 0. The summed E-state index contributed by atoms with van der Waals surface area (Å²) in [6, 6.07) is 10.5. The Morgan fingerprint density at radius 2 is 2.06 bits per heavy atom. The van der Waals surface area contributed by atoms with E-state index in [9.17, 15) is 0 Å². The highest BCUT2D eigenvalue weighted by atomic mass is 16.5. The third-order valence-corrected chi connectivity index (χ3v) is 2.40. The van der Waals surface area contributed by atoms with E-state index in [0.29, 0.717) is 22.8 Å². The molecule has 0 spiro atoms. The highest BCUT2D eigenvalue weighted by Gasteiger charge is 2.04. The molecule has 5 nitrogen and oxygen atoms in total. The van der Waals surface area contributed by atoms with Crippen molar-refractivity contribution in [3.8, 4) is 11.6 Å². The molecule has 0 amide bonds. The number of aliphatic hydroxyl groups excluding tert-OH is 1. The zero-order valence-corrected chi connectivity index (χ0v) is 9.63. The highest BCUT2D eigenvalue weighted by molar-refractivity contribution is 5.94. The predicted octanol–water partition coefficient (Wildman–Crippen LogP) is 1.65. The van der Waals surface area contributed by atoms with Gasteiger partial charge in [0.05, 0.1) is 6.61 Å². The van der Waals surface area contributed by atoms with Gasteiger partial charge >= 0.3 is 0 Å². The van der Waals surface area contributed by atoms with Gasteiger partial charge in [0, 0.05) is 23.4 Å². The van der Waals surface area contributed by atoms with Gasteiger partial charge in [-0.15, -0.1) is 0 Å². The predicted molar refractivity (Wildman–Crippen MR) is 67.7 cm³/mol. The van der Waals surface area contributed by atoms with Crippen LogP contribution in [0.25, 0.3) is 0 Å². The van der Waals surface area contributed by atoms with Crippen LogP contribution in [0.4, 0.5) is 0 Å². The number of nitrogens with two attached hydrogens (primary N) is 1. The molecule has 0 bridgehead atoms. The standard InChI is InChI=1S/C13H13N3O2/c14-13(15)9-5-6-12(16-7-9)18-11-4-2-1-3-10(11)8-17/h1-7,17H,8H2,(H3,14,15). The van der Waals surface area contributed by atoms with Crippen molar-refractivity contribution in [2.45, 2.75) is 6.61 Å². The number of aromatic nitrogens is 1. The monoisotopic (exact) mass is 243 g/mol. The van der Waals surface area contributed by atoms with Crippen LogP contribution in [-0.2, 0) is 6.61 Å². The van der Waals surface area contributed by atoms with Crippen molar-refractivity contribution < 1.29 is 9.84 Å². The molecular formula is C13H13N3O2. The first-order valence-electron chi connectivity index (χ1n) is 5.38. The number of pyridine rings is 1. The summed E-state index contributed by atoms with van der Waals surface area (Å²) in [5.74, 6) is 0.911. The minimum Gasteiger partial charge on any atom is -0.439 e. The minimum absolute atomic E-state index is 0.0372. The Kier molecular flexibility index (Phi) is 3.54. The van der Waals surface area contributed by atoms with Gasteiger partial charge in [0.25, 0.3) is 0 Å². The van der Waals surface area contributed by atoms with E-state index in [0.717, 1.165) is 0 Å². The number of hydrogen-bond donors (Lipinski definition) is 3. The van der Waals surface area contributed by atoms with Crippen molar-refractivity contribution >= 4 is 5.84 Å². The number of hydrogen-bond acceptors (Lipinski definition) is 4. The van der Waals surface area contributed by atoms with E-state index in [2.05, 4.69) is 4.98 Å². The number of para-hydroxylation sites is 1. The van der Waals surface area contributed by atoms with Crippen LogP contribution in [0.2, 0.25) is 0 Å². The van der Waals surface area contributed by atoms with Crippen LogP contribution in [0.5, 0.6) is 11.6 Å². The first kappa shape index (κ1) is 12.1. The number of benzene rings is 1. The zero-order valence-electron chi connectivity index (χ0n) is 9.63. The molecule has 0 saturated heterocycles. The van der Waals surface area contributed by atoms with Gasteiger partial charge in [0.2, 0.25) is 5.88 Å². The van der Waals surface area contributed by atoms with Gasteiger partial charge in [0.1, 0.15) is 11.6 Å². The van der Waals surface area contributed by atoms with Crippen molar-refractivity contribution in [1.82, 2.24) is 4.98 Å². The number of nitrogen functional groups attached to an aromatic ring is 1. The Balaban J connectivity index is 2.21. The lowest BCUT2D eigenvalue weighted by atomic mass is 10.2. The smallest absolute Gasteiger partial charge is 0.219 e. The van der Waals surface area contributed by atoms with Gasteiger partial charge in [-0.1, -0.05) is 18.2 Å². The molecule has 0 radical (unpaired) electrons. The molecule has 18 heavy (non-hydrogen) atoms. The van der Waals surface area contributed by atoms with Crippen molar-refractivity contribution in [3.05, 3.63) is 53.7 Å². The lowest BCUT2D eigenvalue weighted by Gasteiger charge is -2.08. The molecule has 0 fully saturated rings. The number of amidine groups is 1. The molecule has 4 N–H and O–H groups in total. The summed E-state index contributed by atoms with van der Waals surface area (Å²) in [6.45, 7) is -0.0955. The molecule has 1 heterocycles. The van der Waals surface area contributed by atoms with E-state index in [1.165, 1.54) is 6.20 Å². The first-order chi connectivity index (χ1) is 8.70. The van der Waals surface area contributed by atoms with Gasteiger partial charge in [-0.25, -0.2) is 4.98 Å². The summed E-state index contributed by atoms with van der Waals surface area (Å²) in [4.78, 5) is 4.05. The van der Waals surface area contributed by atoms with Crippen molar-refractivity contribution in [3.63, 3.8) is 0 Å². The molecule has 2 aromatic rings. The summed E-state index contributed by atoms with van der Waals surface area (Å²) in [6.07, 6.45) is 1.47. The van der Waals surface area contributed by atoms with Crippen molar-refractivity contribution in [2.24, 2.45) is 5.73 Å². The molecule has 0 unspecified atom stereocenters. The van der Waals surface area contributed by atoms with Crippen LogP contribution in [0.1, 0.15) is 11.1 Å².